The Kier molecular flexibility index (Phi) is 55.0. The Morgan fingerprint density at radius 2 is 0.500 bits per heavy atom. The SMILES string of the molecule is CCCCCCCCCCCC(=O)[O-].CCCCCCCCCCCC(=O)[O-].CCCCCCCCCCCC(=O)[O-].C[CH](C)[Sn+3]. The van der Waals surface area contributed by atoms with E-state index in [0.717, 1.165) is 42.5 Å². The van der Waals surface area contributed by atoms with Crippen molar-refractivity contribution < 1.29 is 29.7 Å². The van der Waals surface area contributed by atoms with E-state index in [2.05, 4.69) is 34.6 Å². The van der Waals surface area contributed by atoms with Crippen molar-refractivity contribution in [1.29, 1.82) is 0 Å². The molecule has 0 N–H and O–H groups in total. The number of carboxylic acids is 3. The minimum absolute atomic E-state index is 0.232. The second-order valence-electron chi connectivity index (χ2n) is 13.0. The van der Waals surface area contributed by atoms with Crippen LogP contribution in [0.1, 0.15) is 227 Å². The zero-order valence-electron chi connectivity index (χ0n) is 31.2. The van der Waals surface area contributed by atoms with Gasteiger partial charge in [0, 0.05) is 17.9 Å². The number of carbonyl (C=O) groups is 3. The molecular weight excluding hydrogens is 683 g/mol. The Bertz CT molecular complexity index is 518. The first-order valence-corrected chi connectivity index (χ1v) is 21.0. The fourth-order valence-electron chi connectivity index (χ4n) is 4.74. The summed E-state index contributed by atoms with van der Waals surface area (Å²) in [5, 5.41) is 30.3. The van der Waals surface area contributed by atoms with Crippen molar-refractivity contribution in [1.82, 2.24) is 0 Å². The number of carboxylic acid groups (broad SMARTS) is 3. The van der Waals surface area contributed by atoms with Gasteiger partial charge in [-0.1, -0.05) is 175 Å². The molecule has 0 saturated heterocycles. The van der Waals surface area contributed by atoms with E-state index >= 15 is 0 Å². The van der Waals surface area contributed by atoms with Gasteiger partial charge >= 0.3 is 40.3 Å². The van der Waals surface area contributed by atoms with Crippen LogP contribution in [0.3, 0.4) is 0 Å². The van der Waals surface area contributed by atoms with Gasteiger partial charge in [0.2, 0.25) is 0 Å². The maximum atomic E-state index is 10.1. The number of aliphatic carboxylic acids is 3. The van der Waals surface area contributed by atoms with Gasteiger partial charge in [-0.25, -0.2) is 0 Å². The number of unbranched alkanes of at least 4 members (excludes halogenated alkanes) is 24. The van der Waals surface area contributed by atoms with Crippen LogP contribution in [0.2, 0.25) is 3.93 Å². The van der Waals surface area contributed by atoms with Crippen LogP contribution in [0, 0.1) is 0 Å². The Morgan fingerprint density at radius 3 is 0.630 bits per heavy atom. The van der Waals surface area contributed by atoms with Crippen LogP contribution < -0.4 is 15.3 Å². The van der Waals surface area contributed by atoms with Crippen LogP contribution in [0.4, 0.5) is 0 Å². The summed E-state index contributed by atoms with van der Waals surface area (Å²) in [5.41, 5.74) is 0. The third-order valence-corrected chi connectivity index (χ3v) is 7.45. The molecule has 0 unspecified atom stereocenters. The van der Waals surface area contributed by atoms with Crippen LogP contribution in [-0.2, 0) is 14.4 Å². The van der Waals surface area contributed by atoms with Gasteiger partial charge in [0.1, 0.15) is 0 Å². The molecule has 0 radical (unpaired) electrons. The average molecular weight is 760 g/mol. The predicted octanol–water partition coefficient (Wildman–Crippen LogP) is 8.95. The van der Waals surface area contributed by atoms with Crippen molar-refractivity contribution in [3.63, 3.8) is 0 Å². The van der Waals surface area contributed by atoms with Gasteiger partial charge in [-0.3, -0.25) is 0 Å². The van der Waals surface area contributed by atoms with Crippen LogP contribution in [-0.4, -0.2) is 40.4 Å². The summed E-state index contributed by atoms with van der Waals surface area (Å²) in [7, 11) is 0. The van der Waals surface area contributed by atoms with E-state index in [-0.39, 0.29) is 19.3 Å². The van der Waals surface area contributed by atoms with Crippen molar-refractivity contribution in [3.8, 4) is 0 Å². The summed E-state index contributed by atoms with van der Waals surface area (Å²) >= 11 is 1.64. The number of hydrogen-bond acceptors (Lipinski definition) is 6. The zero-order chi connectivity index (χ0) is 35.5. The summed E-state index contributed by atoms with van der Waals surface area (Å²) in [5.74, 6) is -2.73. The van der Waals surface area contributed by atoms with Crippen molar-refractivity contribution in [2.24, 2.45) is 0 Å². The molecule has 0 spiro atoms. The maximum absolute atomic E-state index is 10.1. The van der Waals surface area contributed by atoms with Crippen molar-refractivity contribution >= 4 is 40.4 Å². The first-order valence-electron chi connectivity index (χ1n) is 19.4. The molecule has 0 amide bonds. The Balaban J connectivity index is -0.000000271. The second kappa shape index (κ2) is 48.6. The van der Waals surface area contributed by atoms with Crippen LogP contribution in [0.15, 0.2) is 0 Å². The molecule has 0 aromatic rings. The molecule has 0 saturated carbocycles. The Hall–Kier alpha value is -0.791. The Morgan fingerprint density at radius 1 is 0.370 bits per heavy atom. The molecule has 0 aliphatic heterocycles. The van der Waals surface area contributed by atoms with E-state index in [9.17, 15) is 29.7 Å². The van der Waals surface area contributed by atoms with Gasteiger partial charge in [-0.2, -0.15) is 0 Å². The molecule has 6 nitrogen and oxygen atoms in total. The molecule has 0 aliphatic carbocycles. The third kappa shape index (κ3) is 74.2. The molecule has 0 aromatic carbocycles. The quantitative estimate of drug-likeness (QED) is 0.0533. The molecule has 0 heterocycles. The van der Waals surface area contributed by atoms with Crippen LogP contribution in [0.25, 0.3) is 0 Å². The summed E-state index contributed by atoms with van der Waals surface area (Å²) in [6.07, 6.45) is 33.5. The third-order valence-electron chi connectivity index (χ3n) is 7.45. The average Bonchev–Trinajstić information content (AvgIpc) is 2.98. The first-order chi connectivity index (χ1) is 22.0. The van der Waals surface area contributed by atoms with Gasteiger partial charge < -0.3 is 29.7 Å². The van der Waals surface area contributed by atoms with Crippen LogP contribution >= 0.6 is 0 Å². The molecule has 0 bridgehead atoms. The number of hydrogen-bond donors (Lipinski definition) is 0. The molecule has 0 fully saturated rings. The minimum atomic E-state index is -0.909. The molecule has 0 aliphatic rings. The van der Waals surface area contributed by atoms with Gasteiger partial charge in [0.05, 0.1) is 0 Å². The second-order valence-corrected chi connectivity index (χ2v) is 16.3. The number of carbonyl (C=O) groups excluding carboxylic acids is 3. The van der Waals surface area contributed by atoms with Gasteiger partial charge in [-0.05, 0) is 38.5 Å². The summed E-state index contributed by atoms with van der Waals surface area (Å²) < 4.78 is 0.923. The molecule has 0 aromatic heterocycles. The summed E-state index contributed by atoms with van der Waals surface area (Å²) in [6.45, 7) is 11.1. The van der Waals surface area contributed by atoms with Crippen LogP contribution in [0.5, 0.6) is 0 Å². The standard InChI is InChI=1S/3C12H24O2.C3H7.Sn/c3*1-2-3-4-5-6-7-8-9-10-11-12(13)14;1-3-2;/h3*2-11H2,1H3,(H,13,14);3H,1-2H3;/q;;;;+3/p-3. The number of rotatable bonds is 30. The molecule has 46 heavy (non-hydrogen) atoms. The van der Waals surface area contributed by atoms with E-state index < -0.39 is 17.9 Å². The van der Waals surface area contributed by atoms with Crippen molar-refractivity contribution in [2.45, 2.75) is 231 Å². The van der Waals surface area contributed by atoms with Gasteiger partial charge in [0.25, 0.3) is 0 Å². The summed E-state index contributed by atoms with van der Waals surface area (Å²) in [4.78, 5) is 30.3. The molecule has 272 valence electrons. The molecule has 7 heteroatoms. The van der Waals surface area contributed by atoms with Gasteiger partial charge in [-0.15, -0.1) is 0 Å². The molecule has 0 rings (SSSR count). The topological polar surface area (TPSA) is 120 Å². The van der Waals surface area contributed by atoms with E-state index in [0.29, 0.717) is 0 Å². The van der Waals surface area contributed by atoms with E-state index in [1.54, 1.807) is 22.5 Å². The van der Waals surface area contributed by atoms with E-state index in [1.165, 1.54) is 135 Å². The fourth-order valence-corrected chi connectivity index (χ4v) is 4.74. The molecule has 0 atom stereocenters. The Labute approximate surface area is 300 Å². The van der Waals surface area contributed by atoms with E-state index in [1.807, 2.05) is 0 Å². The van der Waals surface area contributed by atoms with Crippen molar-refractivity contribution in [3.05, 3.63) is 0 Å². The predicted molar refractivity (Wildman–Crippen MR) is 191 cm³/mol. The first kappa shape index (κ1) is 52.0. The normalized spacial score (nSPS) is 10.3. The zero-order valence-corrected chi connectivity index (χ0v) is 34.1. The van der Waals surface area contributed by atoms with Gasteiger partial charge in [0.15, 0.2) is 0 Å². The summed E-state index contributed by atoms with van der Waals surface area (Å²) in [6, 6.07) is 0. The van der Waals surface area contributed by atoms with E-state index in [4.69, 9.17) is 0 Å². The fraction of sp³-hybridized carbons (Fsp3) is 0.923. The molecular formula is C39H76O6Sn. The van der Waals surface area contributed by atoms with Crippen molar-refractivity contribution in [2.75, 3.05) is 0 Å². The monoisotopic (exact) mass is 760 g/mol.